The molecule has 3 heterocycles. The van der Waals surface area contributed by atoms with Crippen molar-refractivity contribution >= 4 is 23.5 Å². The average molecular weight is 383 g/mol. The molecular weight excluding hydrogens is 349 g/mol. The average Bonchev–Trinajstić information content (AvgIpc) is 3.02. The molecule has 0 amide bonds. The maximum Gasteiger partial charge on any atom is 0.494 e. The van der Waals surface area contributed by atoms with Gasteiger partial charge in [-0.15, -0.1) is 0 Å². The van der Waals surface area contributed by atoms with Crippen LogP contribution in [0.1, 0.15) is 74.3 Å². The fourth-order valence-corrected chi connectivity index (χ4v) is 4.83. The highest BCUT2D eigenvalue weighted by Gasteiger charge is 2.51. The maximum atomic E-state index is 6.22. The summed E-state index contributed by atoms with van der Waals surface area (Å²) in [5.41, 5.74) is 1.61. The summed E-state index contributed by atoms with van der Waals surface area (Å²) >= 11 is 0. The van der Waals surface area contributed by atoms with Crippen LogP contribution < -0.4 is 10.8 Å². The van der Waals surface area contributed by atoms with Crippen LogP contribution in [-0.4, -0.2) is 39.2 Å². The minimum atomic E-state index is -0.338. The van der Waals surface area contributed by atoms with E-state index in [1.165, 1.54) is 0 Å². The molecule has 0 unspecified atom stereocenters. The van der Waals surface area contributed by atoms with Crippen molar-refractivity contribution in [2.75, 3.05) is 0 Å². The first-order valence-corrected chi connectivity index (χ1v) is 10.4. The summed E-state index contributed by atoms with van der Waals surface area (Å²) in [5.74, 6) is 0. The largest absolute Gasteiger partial charge is 0.494 e. The first-order valence-electron chi connectivity index (χ1n) is 10.4. The van der Waals surface area contributed by atoms with Crippen molar-refractivity contribution in [3.63, 3.8) is 0 Å². The van der Waals surface area contributed by atoms with E-state index in [-0.39, 0.29) is 29.4 Å². The maximum absolute atomic E-state index is 6.22. The normalized spacial score (nSPS) is 26.1. The van der Waals surface area contributed by atoms with Gasteiger partial charge in [-0.2, -0.15) is 5.10 Å². The number of nitrogens with zero attached hydrogens (tertiary/aromatic N) is 2. The summed E-state index contributed by atoms with van der Waals surface area (Å²) in [4.78, 5) is 0. The molecule has 1 N–H and O–H groups in total. The summed E-state index contributed by atoms with van der Waals surface area (Å²) in [6, 6.07) is 6.72. The Morgan fingerprint density at radius 2 is 1.54 bits per heavy atom. The number of aromatic nitrogens is 2. The third kappa shape index (κ3) is 3.51. The van der Waals surface area contributed by atoms with E-state index in [0.29, 0.717) is 6.04 Å². The topological polar surface area (TPSA) is 48.3 Å². The molecule has 0 saturated carbocycles. The monoisotopic (exact) mass is 383 g/mol. The molecule has 0 spiro atoms. The van der Waals surface area contributed by atoms with Crippen LogP contribution in [0.2, 0.25) is 0 Å². The van der Waals surface area contributed by atoms with Crippen molar-refractivity contribution in [2.45, 2.75) is 96.6 Å². The second-order valence-electron chi connectivity index (χ2n) is 11.0. The molecule has 2 fully saturated rings. The molecule has 1 aromatic heterocycles. The first-order chi connectivity index (χ1) is 12.8. The van der Waals surface area contributed by atoms with Gasteiger partial charge in [0.25, 0.3) is 0 Å². The predicted molar refractivity (Wildman–Crippen MR) is 115 cm³/mol. The number of hydrogen-bond acceptors (Lipinski definition) is 4. The first kappa shape index (κ1) is 19.9. The van der Waals surface area contributed by atoms with Crippen LogP contribution in [0.4, 0.5) is 0 Å². The van der Waals surface area contributed by atoms with E-state index < -0.39 is 0 Å². The summed E-state index contributed by atoms with van der Waals surface area (Å²) < 4.78 is 14.6. The molecule has 28 heavy (non-hydrogen) atoms. The van der Waals surface area contributed by atoms with Crippen molar-refractivity contribution in [3.8, 4) is 0 Å². The third-order valence-corrected chi connectivity index (χ3v) is 6.61. The van der Waals surface area contributed by atoms with Gasteiger partial charge in [-0.25, -0.2) is 0 Å². The Hall–Kier alpha value is -1.37. The van der Waals surface area contributed by atoms with Crippen LogP contribution in [0, 0.1) is 0 Å². The Morgan fingerprint density at radius 1 is 0.964 bits per heavy atom. The Kier molecular flexibility index (Phi) is 4.32. The molecule has 2 saturated heterocycles. The lowest BCUT2D eigenvalue weighted by molar-refractivity contribution is 0.00578. The minimum absolute atomic E-state index is 0.0956. The van der Waals surface area contributed by atoms with Gasteiger partial charge in [0.15, 0.2) is 0 Å². The number of nitrogens with one attached hydrogen (secondary N) is 1. The van der Waals surface area contributed by atoms with Crippen LogP contribution in [0.15, 0.2) is 24.4 Å². The van der Waals surface area contributed by atoms with Gasteiger partial charge in [-0.3, -0.25) is 4.68 Å². The van der Waals surface area contributed by atoms with Gasteiger partial charge in [-0.1, -0.05) is 12.1 Å². The lowest BCUT2D eigenvalue weighted by Crippen LogP contribution is -2.58. The lowest BCUT2D eigenvalue weighted by atomic mass is 9.78. The molecule has 6 heteroatoms. The van der Waals surface area contributed by atoms with E-state index in [1.54, 1.807) is 0 Å². The summed E-state index contributed by atoms with van der Waals surface area (Å²) in [6.07, 6.45) is 4.31. The number of piperidine rings is 1. The van der Waals surface area contributed by atoms with Crippen LogP contribution >= 0.6 is 0 Å². The van der Waals surface area contributed by atoms with Crippen molar-refractivity contribution in [1.29, 1.82) is 0 Å². The molecule has 1 aromatic carbocycles. The lowest BCUT2D eigenvalue weighted by Gasteiger charge is -2.46. The second kappa shape index (κ2) is 6.07. The molecule has 0 radical (unpaired) electrons. The number of fused-ring (bicyclic) bond motifs is 1. The van der Waals surface area contributed by atoms with E-state index in [0.717, 1.165) is 29.2 Å². The van der Waals surface area contributed by atoms with Crippen molar-refractivity contribution < 1.29 is 9.31 Å². The molecule has 2 aromatic rings. The highest BCUT2D eigenvalue weighted by Crippen LogP contribution is 2.38. The highest BCUT2D eigenvalue weighted by atomic mass is 16.7. The van der Waals surface area contributed by atoms with Crippen LogP contribution in [-0.2, 0) is 9.31 Å². The van der Waals surface area contributed by atoms with Crippen molar-refractivity contribution in [3.05, 3.63) is 24.4 Å². The van der Waals surface area contributed by atoms with Gasteiger partial charge in [0.2, 0.25) is 0 Å². The zero-order valence-electron chi connectivity index (χ0n) is 18.6. The van der Waals surface area contributed by atoms with Gasteiger partial charge in [-0.05, 0) is 79.8 Å². The van der Waals surface area contributed by atoms with Crippen LogP contribution in [0.3, 0.4) is 0 Å². The van der Waals surface area contributed by atoms with Gasteiger partial charge in [0.1, 0.15) is 0 Å². The molecular formula is C22H34BN3O2. The quantitative estimate of drug-likeness (QED) is 0.801. The Balaban J connectivity index is 1.63. The molecule has 4 rings (SSSR count). The van der Waals surface area contributed by atoms with Gasteiger partial charge < -0.3 is 14.6 Å². The van der Waals surface area contributed by atoms with Crippen molar-refractivity contribution in [2.24, 2.45) is 0 Å². The smallest absolute Gasteiger partial charge is 0.399 e. The van der Waals surface area contributed by atoms with E-state index in [2.05, 4.69) is 89.8 Å². The third-order valence-electron chi connectivity index (χ3n) is 6.61. The Morgan fingerprint density at radius 3 is 2.11 bits per heavy atom. The van der Waals surface area contributed by atoms with Gasteiger partial charge in [0.05, 0.1) is 22.8 Å². The van der Waals surface area contributed by atoms with Gasteiger partial charge in [0, 0.05) is 22.7 Å². The second-order valence-corrected chi connectivity index (χ2v) is 11.0. The van der Waals surface area contributed by atoms with E-state index >= 15 is 0 Å². The fraction of sp³-hybridized carbons (Fsp3) is 0.682. The van der Waals surface area contributed by atoms with Gasteiger partial charge >= 0.3 is 7.12 Å². The predicted octanol–water partition coefficient (Wildman–Crippen LogP) is 3.82. The summed E-state index contributed by atoms with van der Waals surface area (Å²) in [7, 11) is -0.338. The van der Waals surface area contributed by atoms with E-state index in [9.17, 15) is 0 Å². The summed E-state index contributed by atoms with van der Waals surface area (Å²) in [6.45, 7) is 17.5. The summed E-state index contributed by atoms with van der Waals surface area (Å²) in [5, 5.41) is 9.79. The van der Waals surface area contributed by atoms with Crippen molar-refractivity contribution in [1.82, 2.24) is 15.1 Å². The standard InChI is InChI=1S/C22H34BN3O2/c1-19(2)12-17(13-20(3,4)25-19)26-14-15-11-16(9-10-18(15)24-26)23-27-21(5,6)22(7,8)28-23/h9-11,14,17,25H,12-13H2,1-8H3. The zero-order chi connectivity index (χ0) is 20.5. The molecule has 0 bridgehead atoms. The highest BCUT2D eigenvalue weighted by molar-refractivity contribution is 6.62. The number of benzene rings is 1. The molecule has 2 aliphatic heterocycles. The number of rotatable bonds is 2. The minimum Gasteiger partial charge on any atom is -0.399 e. The van der Waals surface area contributed by atoms with Crippen LogP contribution in [0.5, 0.6) is 0 Å². The van der Waals surface area contributed by atoms with Crippen LogP contribution in [0.25, 0.3) is 10.9 Å². The molecule has 152 valence electrons. The fourth-order valence-electron chi connectivity index (χ4n) is 4.83. The van der Waals surface area contributed by atoms with E-state index in [4.69, 9.17) is 14.4 Å². The molecule has 0 atom stereocenters. The molecule has 0 aliphatic carbocycles. The molecule has 2 aliphatic rings. The Labute approximate surface area is 169 Å². The zero-order valence-corrected chi connectivity index (χ0v) is 18.6. The van der Waals surface area contributed by atoms with E-state index in [1.807, 2.05) is 0 Å². The SMILES string of the molecule is CC1(C)CC(n2cc3cc(B4OC(C)(C)C(C)(C)O4)ccc3n2)CC(C)(C)N1. The molecule has 5 nitrogen and oxygen atoms in total. The number of hydrogen-bond donors (Lipinski definition) is 1. The Bertz CT molecular complexity index is 868.